The fraction of sp³-hybridized carbons (Fsp3) is 0.381. The van der Waals surface area contributed by atoms with Crippen LogP contribution in [0.15, 0.2) is 47.8 Å². The molecule has 2 aromatic rings. The van der Waals surface area contributed by atoms with Crippen LogP contribution in [0.25, 0.3) is 0 Å². The number of aromatic nitrogens is 1. The quantitative estimate of drug-likeness (QED) is 0.624. The Morgan fingerprint density at radius 3 is 2.44 bits per heavy atom. The van der Waals surface area contributed by atoms with Gasteiger partial charge in [-0.1, -0.05) is 25.3 Å². The van der Waals surface area contributed by atoms with Crippen LogP contribution in [0.3, 0.4) is 0 Å². The number of hydrazone groups is 1. The maximum absolute atomic E-state index is 12.2. The van der Waals surface area contributed by atoms with Crippen molar-refractivity contribution in [3.63, 3.8) is 0 Å². The molecule has 0 bridgehead atoms. The van der Waals surface area contributed by atoms with Crippen molar-refractivity contribution in [2.45, 2.75) is 37.5 Å². The van der Waals surface area contributed by atoms with Crippen LogP contribution in [0.2, 0.25) is 0 Å². The van der Waals surface area contributed by atoms with Crippen molar-refractivity contribution in [1.82, 2.24) is 10.4 Å². The highest BCUT2D eigenvalue weighted by Gasteiger charge is 2.33. The van der Waals surface area contributed by atoms with Crippen LogP contribution in [0.5, 0.6) is 11.5 Å². The van der Waals surface area contributed by atoms with E-state index in [1.54, 1.807) is 38.7 Å². The van der Waals surface area contributed by atoms with E-state index in [1.807, 2.05) is 18.3 Å². The van der Waals surface area contributed by atoms with Crippen molar-refractivity contribution >= 4 is 12.1 Å². The van der Waals surface area contributed by atoms with Crippen molar-refractivity contribution in [3.8, 4) is 11.5 Å². The van der Waals surface area contributed by atoms with E-state index in [-0.39, 0.29) is 11.3 Å². The Hall–Kier alpha value is -2.89. The molecule has 1 fully saturated rings. The molecule has 0 atom stereocenters. The fourth-order valence-electron chi connectivity index (χ4n) is 3.60. The van der Waals surface area contributed by atoms with Crippen LogP contribution < -0.4 is 14.9 Å². The van der Waals surface area contributed by atoms with Gasteiger partial charge in [0.2, 0.25) is 0 Å². The van der Waals surface area contributed by atoms with E-state index in [0.29, 0.717) is 17.1 Å². The van der Waals surface area contributed by atoms with Gasteiger partial charge in [-0.15, -0.1) is 0 Å². The van der Waals surface area contributed by atoms with Gasteiger partial charge in [0.1, 0.15) is 0 Å². The molecule has 3 rings (SSSR count). The normalized spacial score (nSPS) is 16.1. The standard InChI is InChI=1S/C21H25N3O3/c1-26-18-7-6-17(14-19(18)27-2)21(10-4-3-5-11-21)15-23-24-20(25)16-8-12-22-13-9-16/h6-9,12-15H,3-5,10-11H2,1-2H3,(H,24,25). The topological polar surface area (TPSA) is 72.8 Å². The Morgan fingerprint density at radius 1 is 1.07 bits per heavy atom. The number of pyridine rings is 1. The minimum absolute atomic E-state index is 0.219. The van der Waals surface area contributed by atoms with E-state index >= 15 is 0 Å². The highest BCUT2D eigenvalue weighted by molar-refractivity contribution is 5.94. The van der Waals surface area contributed by atoms with Gasteiger partial charge in [0.05, 0.1) is 14.2 Å². The number of carbonyl (C=O) groups is 1. The lowest BCUT2D eigenvalue weighted by atomic mass is 9.70. The second-order valence-corrected chi connectivity index (χ2v) is 6.72. The highest BCUT2D eigenvalue weighted by Crippen LogP contribution is 2.41. The van der Waals surface area contributed by atoms with E-state index < -0.39 is 0 Å². The molecule has 1 aliphatic carbocycles. The largest absolute Gasteiger partial charge is 0.493 e. The summed E-state index contributed by atoms with van der Waals surface area (Å²) >= 11 is 0. The van der Waals surface area contributed by atoms with Crippen LogP contribution in [0.1, 0.15) is 48.0 Å². The van der Waals surface area contributed by atoms with Gasteiger partial charge < -0.3 is 9.47 Å². The van der Waals surface area contributed by atoms with Gasteiger partial charge in [0, 0.05) is 29.6 Å². The van der Waals surface area contributed by atoms with E-state index in [2.05, 4.69) is 21.6 Å². The summed E-state index contributed by atoms with van der Waals surface area (Å²) in [5.41, 5.74) is 4.08. The van der Waals surface area contributed by atoms with Gasteiger partial charge in [0.25, 0.3) is 5.91 Å². The average molecular weight is 367 g/mol. The smallest absolute Gasteiger partial charge is 0.271 e. The summed E-state index contributed by atoms with van der Waals surface area (Å²) in [5, 5.41) is 4.30. The maximum atomic E-state index is 12.2. The van der Waals surface area contributed by atoms with E-state index in [1.165, 1.54) is 6.42 Å². The van der Waals surface area contributed by atoms with Crippen molar-refractivity contribution in [1.29, 1.82) is 0 Å². The summed E-state index contributed by atoms with van der Waals surface area (Å²) < 4.78 is 10.8. The van der Waals surface area contributed by atoms with Crippen LogP contribution >= 0.6 is 0 Å². The summed E-state index contributed by atoms with van der Waals surface area (Å²) in [7, 11) is 3.27. The third kappa shape index (κ3) is 4.27. The predicted octanol–water partition coefficient (Wildman–Crippen LogP) is 3.72. The van der Waals surface area contributed by atoms with E-state index in [9.17, 15) is 4.79 Å². The Labute approximate surface area is 159 Å². The summed E-state index contributed by atoms with van der Waals surface area (Å²) in [6.45, 7) is 0. The minimum atomic E-state index is -0.244. The Kier molecular flexibility index (Phi) is 6.06. The molecule has 6 heteroatoms. The molecule has 0 radical (unpaired) electrons. The molecule has 1 aromatic carbocycles. The van der Waals surface area contributed by atoms with E-state index in [4.69, 9.17) is 9.47 Å². The van der Waals surface area contributed by atoms with Crippen LogP contribution in [0, 0.1) is 0 Å². The zero-order chi connectivity index (χ0) is 19.1. The molecule has 0 aliphatic heterocycles. The van der Waals surface area contributed by atoms with Gasteiger partial charge in [-0.3, -0.25) is 9.78 Å². The Balaban J connectivity index is 1.84. The first-order chi connectivity index (χ1) is 13.2. The first kappa shape index (κ1) is 18.9. The van der Waals surface area contributed by atoms with Gasteiger partial charge in [0.15, 0.2) is 11.5 Å². The number of amides is 1. The van der Waals surface area contributed by atoms with Crippen molar-refractivity contribution in [2.24, 2.45) is 5.10 Å². The first-order valence-electron chi connectivity index (χ1n) is 9.15. The lowest BCUT2D eigenvalue weighted by Crippen LogP contribution is -2.32. The molecule has 1 aromatic heterocycles. The molecule has 0 spiro atoms. The number of benzene rings is 1. The van der Waals surface area contributed by atoms with E-state index in [0.717, 1.165) is 31.2 Å². The third-order valence-corrected chi connectivity index (χ3v) is 5.12. The summed E-state index contributed by atoms with van der Waals surface area (Å²) in [4.78, 5) is 16.1. The molecule has 1 amide bonds. The predicted molar refractivity (Wildman–Crippen MR) is 105 cm³/mol. The molecular formula is C21H25N3O3. The zero-order valence-electron chi connectivity index (χ0n) is 15.8. The summed E-state index contributed by atoms with van der Waals surface area (Å²) in [6.07, 6.45) is 10.5. The molecule has 0 saturated heterocycles. The third-order valence-electron chi connectivity index (χ3n) is 5.12. The van der Waals surface area contributed by atoms with Gasteiger partial charge in [-0.2, -0.15) is 5.10 Å². The number of ether oxygens (including phenoxy) is 2. The minimum Gasteiger partial charge on any atom is -0.493 e. The highest BCUT2D eigenvalue weighted by atomic mass is 16.5. The number of nitrogens with zero attached hydrogens (tertiary/aromatic N) is 2. The molecule has 1 heterocycles. The van der Waals surface area contributed by atoms with Gasteiger partial charge in [-0.05, 0) is 42.7 Å². The lowest BCUT2D eigenvalue weighted by Gasteiger charge is -2.34. The molecule has 1 N–H and O–H groups in total. The van der Waals surface area contributed by atoms with Crippen molar-refractivity contribution in [3.05, 3.63) is 53.9 Å². The molecule has 142 valence electrons. The number of rotatable bonds is 6. The zero-order valence-corrected chi connectivity index (χ0v) is 15.8. The number of hydrogen-bond donors (Lipinski definition) is 1. The Morgan fingerprint density at radius 2 is 1.78 bits per heavy atom. The van der Waals surface area contributed by atoms with Crippen LogP contribution in [-0.4, -0.2) is 31.3 Å². The molecule has 1 aliphatic rings. The number of carbonyl (C=O) groups excluding carboxylic acids is 1. The number of hydrogen-bond acceptors (Lipinski definition) is 5. The molecule has 27 heavy (non-hydrogen) atoms. The molecule has 0 unspecified atom stereocenters. The van der Waals surface area contributed by atoms with Gasteiger partial charge in [-0.25, -0.2) is 5.43 Å². The molecule has 6 nitrogen and oxygen atoms in total. The van der Waals surface area contributed by atoms with Gasteiger partial charge >= 0.3 is 0 Å². The Bertz CT molecular complexity index is 800. The van der Waals surface area contributed by atoms with Crippen LogP contribution in [0.4, 0.5) is 0 Å². The van der Waals surface area contributed by atoms with Crippen molar-refractivity contribution in [2.75, 3.05) is 14.2 Å². The second-order valence-electron chi connectivity index (χ2n) is 6.72. The van der Waals surface area contributed by atoms with Crippen LogP contribution in [-0.2, 0) is 5.41 Å². The molecule has 1 saturated carbocycles. The number of methoxy groups -OCH3 is 2. The SMILES string of the molecule is COc1ccc(C2(C=NNC(=O)c3ccncc3)CCCCC2)cc1OC. The second kappa shape index (κ2) is 8.66. The number of nitrogens with one attached hydrogen (secondary N) is 1. The maximum Gasteiger partial charge on any atom is 0.271 e. The first-order valence-corrected chi connectivity index (χ1v) is 9.15. The average Bonchev–Trinajstić information content (AvgIpc) is 2.74. The monoisotopic (exact) mass is 367 g/mol. The summed E-state index contributed by atoms with van der Waals surface area (Å²) in [6, 6.07) is 9.32. The summed E-state index contributed by atoms with van der Waals surface area (Å²) in [5.74, 6) is 1.16. The fourth-order valence-corrected chi connectivity index (χ4v) is 3.60. The molecular weight excluding hydrogens is 342 g/mol. The van der Waals surface area contributed by atoms with Crippen molar-refractivity contribution < 1.29 is 14.3 Å². The lowest BCUT2D eigenvalue weighted by molar-refractivity contribution is 0.0954.